The Hall–Kier alpha value is -4.14. The largest absolute Gasteiger partial charge is 0.481 e. The van der Waals surface area contributed by atoms with Crippen LogP contribution in [0.1, 0.15) is 52.1 Å². The zero-order chi connectivity index (χ0) is 29.0. The average Bonchev–Trinajstić information content (AvgIpc) is 3.32. The summed E-state index contributed by atoms with van der Waals surface area (Å²) >= 11 is 0. The first kappa shape index (κ1) is 31.9. The molecule has 4 atom stereocenters. The van der Waals surface area contributed by atoms with Crippen LogP contribution >= 0.6 is 0 Å². The summed E-state index contributed by atoms with van der Waals surface area (Å²) in [5, 5.41) is 22.6. The fourth-order valence-electron chi connectivity index (χ4n) is 3.72. The number of carbonyl (C=O) groups is 7. The highest BCUT2D eigenvalue weighted by molar-refractivity contribution is 6.03. The number of amides is 4. The number of nitrogens with one attached hydrogen (secondary N) is 3. The van der Waals surface area contributed by atoms with Gasteiger partial charge in [0, 0.05) is 31.7 Å². The zero-order valence-electron chi connectivity index (χ0n) is 21.4. The molecule has 4 amide bonds. The van der Waals surface area contributed by atoms with Crippen molar-refractivity contribution in [2.45, 2.75) is 77.0 Å². The molecule has 0 bridgehead atoms. The second-order valence-electron chi connectivity index (χ2n) is 9.11. The molecule has 0 spiro atoms. The molecule has 1 rings (SSSR count). The number of aromatic amines is 1. The normalized spacial score (nSPS) is 14.0. The van der Waals surface area contributed by atoms with E-state index in [1.807, 2.05) is 13.8 Å². The Bertz CT molecular complexity index is 1010. The minimum absolute atomic E-state index is 0.0565. The zero-order valence-corrected chi connectivity index (χ0v) is 21.4. The van der Waals surface area contributed by atoms with Crippen molar-refractivity contribution >= 4 is 41.9 Å². The Morgan fingerprint density at radius 1 is 1.11 bits per heavy atom. The number of aldehydes is 1. The van der Waals surface area contributed by atoms with Crippen LogP contribution in [0.3, 0.4) is 0 Å². The predicted molar refractivity (Wildman–Crippen MR) is 130 cm³/mol. The van der Waals surface area contributed by atoms with Crippen molar-refractivity contribution in [2.75, 3.05) is 0 Å². The molecule has 0 aromatic carbocycles. The van der Waals surface area contributed by atoms with Crippen LogP contribution in [0.25, 0.3) is 0 Å². The maximum absolute atomic E-state index is 13.3. The van der Waals surface area contributed by atoms with Gasteiger partial charge >= 0.3 is 11.9 Å². The van der Waals surface area contributed by atoms with Gasteiger partial charge in [-0.05, 0) is 18.8 Å². The van der Waals surface area contributed by atoms with Crippen molar-refractivity contribution in [1.29, 1.82) is 0 Å². The van der Waals surface area contributed by atoms with Gasteiger partial charge in [-0.25, -0.2) is 4.98 Å². The summed E-state index contributed by atoms with van der Waals surface area (Å²) in [5.41, 5.74) is 6.18. The van der Waals surface area contributed by atoms with Crippen LogP contribution in [0.5, 0.6) is 0 Å². The maximum atomic E-state index is 13.3. The second-order valence-corrected chi connectivity index (χ2v) is 9.11. The SMILES string of the molecule is CC(=O)N([C@H](C=O)CC(=O)O)[C@@H](Cc1cnc[nH]1)C(=O)NC(=O)[C@H](CCC(=O)O)NC(=O)[C@@H](N)CC(C)C. The third-order valence-corrected chi connectivity index (χ3v) is 5.46. The standard InChI is InChI=1S/C23H34N6O9/c1-12(2)6-16(24)21(36)27-17(4-5-19(32)33)22(37)28-23(38)18(7-14-9-25-11-26-14)29(13(3)31)15(10-30)8-20(34)35/h9-12,15-18H,4-8,24H2,1-3H3,(H,25,26)(H,27,36)(H,32,33)(H,34,35)(H,28,37,38)/t15-,16-,17-,18-/m0/s1. The van der Waals surface area contributed by atoms with Gasteiger partial charge in [-0.2, -0.15) is 0 Å². The highest BCUT2D eigenvalue weighted by Gasteiger charge is 2.37. The third kappa shape index (κ3) is 10.5. The first-order valence-corrected chi connectivity index (χ1v) is 11.8. The summed E-state index contributed by atoms with van der Waals surface area (Å²) < 4.78 is 0. The van der Waals surface area contributed by atoms with Gasteiger partial charge < -0.3 is 35.9 Å². The Balaban J connectivity index is 3.26. The fraction of sp³-hybridized carbons (Fsp3) is 0.565. The van der Waals surface area contributed by atoms with E-state index in [2.05, 4.69) is 20.6 Å². The number of hydrogen-bond donors (Lipinski definition) is 6. The van der Waals surface area contributed by atoms with E-state index in [1.54, 1.807) is 0 Å². The summed E-state index contributed by atoms with van der Waals surface area (Å²) in [5.74, 6) is -6.29. The Kier molecular flexibility index (Phi) is 12.7. The van der Waals surface area contributed by atoms with Crippen LogP contribution in [-0.2, 0) is 40.0 Å². The molecule has 0 aliphatic rings. The van der Waals surface area contributed by atoms with Gasteiger partial charge in [-0.1, -0.05) is 13.8 Å². The number of aromatic nitrogens is 2. The molecule has 1 aromatic heterocycles. The van der Waals surface area contributed by atoms with Crippen molar-refractivity contribution in [2.24, 2.45) is 11.7 Å². The van der Waals surface area contributed by atoms with Crippen LogP contribution in [0.2, 0.25) is 0 Å². The molecule has 15 heteroatoms. The molecule has 0 aliphatic heterocycles. The van der Waals surface area contributed by atoms with E-state index in [0.29, 0.717) is 5.69 Å². The Labute approximate surface area is 218 Å². The van der Waals surface area contributed by atoms with Crippen molar-refractivity contribution in [3.05, 3.63) is 18.2 Å². The Morgan fingerprint density at radius 3 is 2.24 bits per heavy atom. The van der Waals surface area contributed by atoms with E-state index in [1.165, 1.54) is 12.5 Å². The molecule has 210 valence electrons. The van der Waals surface area contributed by atoms with Crippen LogP contribution < -0.4 is 16.4 Å². The summed E-state index contributed by atoms with van der Waals surface area (Å²) in [6, 6.07) is -5.52. The fourth-order valence-corrected chi connectivity index (χ4v) is 3.72. The maximum Gasteiger partial charge on any atom is 0.305 e. The van der Waals surface area contributed by atoms with E-state index in [9.17, 15) is 33.6 Å². The lowest BCUT2D eigenvalue weighted by Gasteiger charge is -2.33. The molecular weight excluding hydrogens is 504 g/mol. The smallest absolute Gasteiger partial charge is 0.305 e. The van der Waals surface area contributed by atoms with Gasteiger partial charge in [0.2, 0.25) is 23.6 Å². The lowest BCUT2D eigenvalue weighted by Crippen LogP contribution is -2.59. The van der Waals surface area contributed by atoms with Gasteiger partial charge in [-0.3, -0.25) is 34.1 Å². The average molecular weight is 539 g/mol. The molecule has 0 saturated heterocycles. The number of imidazole rings is 1. The molecule has 1 heterocycles. The van der Waals surface area contributed by atoms with Gasteiger partial charge in [0.1, 0.15) is 18.4 Å². The van der Waals surface area contributed by atoms with Crippen molar-refractivity contribution in [3.8, 4) is 0 Å². The van der Waals surface area contributed by atoms with Gasteiger partial charge in [-0.15, -0.1) is 0 Å². The first-order valence-electron chi connectivity index (χ1n) is 11.8. The van der Waals surface area contributed by atoms with Crippen LogP contribution in [-0.4, -0.2) is 91.1 Å². The molecular formula is C23H34N6O9. The number of carboxylic acids is 2. The third-order valence-electron chi connectivity index (χ3n) is 5.46. The number of H-pyrrole nitrogens is 1. The quantitative estimate of drug-likeness (QED) is 0.133. The minimum Gasteiger partial charge on any atom is -0.481 e. The highest BCUT2D eigenvalue weighted by atomic mass is 16.4. The number of aliphatic carboxylic acids is 2. The minimum atomic E-state index is -1.54. The molecule has 15 nitrogen and oxygen atoms in total. The first-order chi connectivity index (χ1) is 17.8. The molecule has 1 aromatic rings. The number of carbonyl (C=O) groups excluding carboxylic acids is 5. The molecule has 0 fully saturated rings. The molecule has 38 heavy (non-hydrogen) atoms. The van der Waals surface area contributed by atoms with E-state index < -0.39 is 72.6 Å². The van der Waals surface area contributed by atoms with E-state index >= 15 is 0 Å². The lowest BCUT2D eigenvalue weighted by molar-refractivity contribution is -0.149. The van der Waals surface area contributed by atoms with Crippen LogP contribution in [0.15, 0.2) is 12.5 Å². The topological polar surface area (TPSA) is 242 Å². The number of hydrogen-bond acceptors (Lipinski definition) is 9. The van der Waals surface area contributed by atoms with Gasteiger partial charge in [0.15, 0.2) is 0 Å². The molecule has 0 radical (unpaired) electrons. The van der Waals surface area contributed by atoms with Gasteiger partial charge in [0.25, 0.3) is 0 Å². The monoisotopic (exact) mass is 538 g/mol. The van der Waals surface area contributed by atoms with Crippen LogP contribution in [0.4, 0.5) is 0 Å². The highest BCUT2D eigenvalue weighted by Crippen LogP contribution is 2.14. The van der Waals surface area contributed by atoms with Crippen molar-refractivity contribution < 1.29 is 43.8 Å². The lowest BCUT2D eigenvalue weighted by atomic mass is 10.0. The molecule has 0 aliphatic carbocycles. The summed E-state index contributed by atoms with van der Waals surface area (Å²) in [7, 11) is 0. The number of rotatable bonds is 16. The molecule has 7 N–H and O–H groups in total. The number of nitrogens with two attached hydrogens (primary N) is 1. The van der Waals surface area contributed by atoms with Crippen LogP contribution in [0, 0.1) is 5.92 Å². The summed E-state index contributed by atoms with van der Waals surface area (Å²) in [6.45, 7) is 4.69. The number of imide groups is 1. The summed E-state index contributed by atoms with van der Waals surface area (Å²) in [4.78, 5) is 92.5. The van der Waals surface area contributed by atoms with E-state index in [0.717, 1.165) is 11.8 Å². The van der Waals surface area contributed by atoms with Crippen molar-refractivity contribution in [3.63, 3.8) is 0 Å². The number of nitrogens with zero attached hydrogens (tertiary/aromatic N) is 2. The second kappa shape index (κ2) is 15.2. The van der Waals surface area contributed by atoms with Crippen molar-refractivity contribution in [1.82, 2.24) is 25.5 Å². The number of carboxylic acid groups (broad SMARTS) is 2. The predicted octanol–water partition coefficient (Wildman–Crippen LogP) is -1.42. The molecule has 0 saturated carbocycles. The molecule has 0 unspecified atom stereocenters. The van der Waals surface area contributed by atoms with Gasteiger partial charge in [0.05, 0.1) is 24.8 Å². The summed E-state index contributed by atoms with van der Waals surface area (Å²) in [6.07, 6.45) is 1.16. The Morgan fingerprint density at radius 2 is 1.76 bits per heavy atom. The van der Waals surface area contributed by atoms with E-state index in [-0.39, 0.29) is 31.5 Å². The van der Waals surface area contributed by atoms with E-state index in [4.69, 9.17) is 15.9 Å².